The maximum atomic E-state index is 13.3. The Morgan fingerprint density at radius 1 is 0.420 bits per heavy atom. The molecule has 256 valence electrons. The van der Waals surface area contributed by atoms with Gasteiger partial charge in [0.2, 0.25) is 0 Å². The molecule has 0 aromatic heterocycles. The third-order valence-electron chi connectivity index (χ3n) is 7.59. The van der Waals surface area contributed by atoms with Gasteiger partial charge in [0.15, 0.2) is 0 Å². The first-order chi connectivity index (χ1) is 23.5. The summed E-state index contributed by atoms with van der Waals surface area (Å²) < 4.78 is 131. The van der Waals surface area contributed by atoms with Crippen molar-refractivity contribution in [2.75, 3.05) is 9.44 Å². The van der Waals surface area contributed by atoms with Crippen molar-refractivity contribution in [3.63, 3.8) is 0 Å². The van der Waals surface area contributed by atoms with Crippen LogP contribution in [-0.2, 0) is 40.3 Å². The third kappa shape index (κ3) is 7.25. The maximum absolute atomic E-state index is 13.3. The summed E-state index contributed by atoms with van der Waals surface area (Å²) in [6, 6.07) is 29.0. The second-order valence-corrected chi connectivity index (χ2v) is 16.9. The van der Waals surface area contributed by atoms with Crippen LogP contribution in [-0.4, -0.2) is 42.8 Å². The van der Waals surface area contributed by atoms with E-state index in [1.807, 2.05) is 0 Å². The van der Waals surface area contributed by atoms with Crippen molar-refractivity contribution < 1.29 is 42.8 Å². The lowest BCUT2D eigenvalue weighted by molar-refractivity contribution is 0.460. The van der Waals surface area contributed by atoms with Crippen molar-refractivity contribution in [1.29, 1.82) is 0 Å². The fourth-order valence-electron chi connectivity index (χ4n) is 5.36. The predicted octanol–water partition coefficient (Wildman–Crippen LogP) is 5.57. The lowest BCUT2D eigenvalue weighted by Crippen LogP contribution is -2.14. The van der Waals surface area contributed by atoms with Crippen LogP contribution in [0.4, 0.5) is 11.4 Å². The van der Waals surface area contributed by atoms with E-state index in [2.05, 4.69) is 9.44 Å². The number of sulfonamides is 2. The van der Waals surface area contributed by atoms with Crippen LogP contribution in [0.2, 0.25) is 0 Å². The van der Waals surface area contributed by atoms with Gasteiger partial charge in [-0.05, 0) is 58.3 Å². The molecular weight excluding hydrogens is 725 g/mol. The van der Waals surface area contributed by atoms with Crippen molar-refractivity contribution in [3.8, 4) is 0 Å². The van der Waals surface area contributed by atoms with Crippen molar-refractivity contribution in [1.82, 2.24) is 0 Å². The number of anilines is 2. The van der Waals surface area contributed by atoms with E-state index in [0.29, 0.717) is 21.5 Å². The number of hydrogen-bond donors (Lipinski definition) is 2. The summed E-state index contributed by atoms with van der Waals surface area (Å²) in [5.74, 6) is 0. The highest BCUT2D eigenvalue weighted by Gasteiger charge is 2.21. The Labute approximate surface area is 288 Å². The summed E-state index contributed by atoms with van der Waals surface area (Å²) in [6.45, 7) is 0. The van der Waals surface area contributed by atoms with Crippen LogP contribution in [0.1, 0.15) is 11.1 Å². The fraction of sp³-hybridized carbons (Fsp3) is 0. The van der Waals surface area contributed by atoms with Gasteiger partial charge >= 0.3 is 0 Å². The highest BCUT2D eigenvalue weighted by atomic mass is 32.2. The summed E-state index contributed by atoms with van der Waals surface area (Å²) in [5.41, 5.74) is -0.975. The molecule has 6 aromatic carbocycles. The van der Waals surface area contributed by atoms with E-state index in [4.69, 9.17) is 0 Å². The zero-order valence-electron chi connectivity index (χ0n) is 25.4. The molecule has 12 nitrogen and oxygen atoms in total. The zero-order chi connectivity index (χ0) is 35.9. The van der Waals surface area contributed by atoms with Gasteiger partial charge in [0.05, 0.1) is 31.0 Å². The average Bonchev–Trinajstić information content (AvgIpc) is 3.06. The van der Waals surface area contributed by atoms with Crippen LogP contribution in [0.15, 0.2) is 141 Å². The lowest BCUT2D eigenvalue weighted by atomic mass is 10.1. The molecule has 0 fully saturated rings. The monoisotopic (exact) mass is 748 g/mol. The summed E-state index contributed by atoms with van der Waals surface area (Å²) in [6.07, 6.45) is 2.11. The van der Waals surface area contributed by atoms with Crippen LogP contribution in [0.5, 0.6) is 0 Å². The van der Waals surface area contributed by atoms with E-state index in [-0.39, 0.29) is 32.3 Å². The van der Waals surface area contributed by atoms with Gasteiger partial charge in [-0.25, -0.2) is 33.7 Å². The van der Waals surface area contributed by atoms with Crippen LogP contribution < -0.4 is 9.44 Å². The minimum absolute atomic E-state index is 0.0830. The number of fused-ring (bicyclic) bond motifs is 2. The van der Waals surface area contributed by atoms with E-state index in [1.165, 1.54) is 24.3 Å². The van der Waals surface area contributed by atoms with Gasteiger partial charge in [0.25, 0.3) is 20.0 Å². The molecule has 0 aliphatic rings. The molecule has 0 saturated heterocycles. The molecular formula is C34H24N2O10S4-2. The highest BCUT2D eigenvalue weighted by molar-refractivity contribution is 7.93. The summed E-state index contributed by atoms with van der Waals surface area (Å²) in [5, 5.41) is 2.12. The van der Waals surface area contributed by atoms with Gasteiger partial charge in [-0.3, -0.25) is 9.44 Å². The third-order valence-corrected chi connectivity index (χ3v) is 12.3. The molecule has 0 heterocycles. The Morgan fingerprint density at radius 3 is 1.16 bits per heavy atom. The molecule has 0 unspecified atom stereocenters. The first-order valence-corrected chi connectivity index (χ1v) is 20.2. The normalized spacial score (nSPS) is 12.8. The molecule has 0 atom stereocenters. The highest BCUT2D eigenvalue weighted by Crippen LogP contribution is 2.30. The molecule has 0 saturated carbocycles. The van der Waals surface area contributed by atoms with Crippen molar-refractivity contribution >= 4 is 85.4 Å². The molecule has 0 spiro atoms. The van der Waals surface area contributed by atoms with Crippen LogP contribution in [0.25, 0.3) is 33.7 Å². The van der Waals surface area contributed by atoms with Crippen molar-refractivity contribution in [2.45, 2.75) is 19.6 Å². The molecule has 6 rings (SSSR count). The Bertz CT molecular complexity index is 2600. The number of rotatable bonds is 10. The van der Waals surface area contributed by atoms with E-state index < -0.39 is 50.1 Å². The second-order valence-electron chi connectivity index (χ2n) is 10.9. The summed E-state index contributed by atoms with van der Waals surface area (Å²) in [7, 11) is -18.9. The van der Waals surface area contributed by atoms with Crippen LogP contribution in [0, 0.1) is 0 Å². The summed E-state index contributed by atoms with van der Waals surface area (Å²) in [4.78, 5) is -1.84. The molecule has 6 aromatic rings. The minimum Gasteiger partial charge on any atom is -0.744 e. The standard InChI is InChI=1S/C34H26N2O10S4/c37-47(38,31-13-5-9-23-7-1-3-11-29(23)31)35-27-19-17-25(33(21-27)49(41,42)43)15-16-26-18-20-28(22-34(26)50(44,45)46)36-48(39,40)32-14-6-10-24-8-2-4-12-30(24)32/h1-22,35-36H,(H,41,42,43)(H,44,45,46)/p-2/b16-15+. The molecule has 0 bridgehead atoms. The quantitative estimate of drug-likeness (QED) is 0.131. The van der Waals surface area contributed by atoms with Crippen LogP contribution in [0.3, 0.4) is 0 Å². The molecule has 0 aliphatic carbocycles. The van der Waals surface area contributed by atoms with Gasteiger partial charge in [-0.1, -0.05) is 97.1 Å². The topological polar surface area (TPSA) is 207 Å². The molecule has 0 radical (unpaired) electrons. The Balaban J connectivity index is 1.33. The average molecular weight is 749 g/mol. The maximum Gasteiger partial charge on any atom is 0.262 e. The largest absolute Gasteiger partial charge is 0.744 e. The first-order valence-electron chi connectivity index (χ1n) is 14.4. The van der Waals surface area contributed by atoms with Gasteiger partial charge in [0.1, 0.15) is 20.2 Å². The van der Waals surface area contributed by atoms with Crippen molar-refractivity contribution in [2.24, 2.45) is 0 Å². The van der Waals surface area contributed by atoms with E-state index in [9.17, 15) is 42.8 Å². The van der Waals surface area contributed by atoms with Gasteiger partial charge in [-0.2, -0.15) is 0 Å². The lowest BCUT2D eigenvalue weighted by Gasteiger charge is -2.16. The molecule has 16 heteroatoms. The molecule has 50 heavy (non-hydrogen) atoms. The van der Waals surface area contributed by atoms with Gasteiger partial charge in [-0.15, -0.1) is 0 Å². The Kier molecular flexibility index (Phi) is 9.02. The van der Waals surface area contributed by atoms with Crippen molar-refractivity contribution in [3.05, 3.63) is 132 Å². The fourth-order valence-corrected chi connectivity index (χ4v) is 9.32. The second kappa shape index (κ2) is 13.0. The molecule has 2 N–H and O–H groups in total. The Hall–Kier alpha value is -5.10. The van der Waals surface area contributed by atoms with E-state index >= 15 is 0 Å². The zero-order valence-corrected chi connectivity index (χ0v) is 28.7. The summed E-state index contributed by atoms with van der Waals surface area (Å²) >= 11 is 0. The van der Waals surface area contributed by atoms with Gasteiger partial charge in [0, 0.05) is 10.8 Å². The Morgan fingerprint density at radius 2 is 0.780 bits per heavy atom. The van der Waals surface area contributed by atoms with E-state index in [0.717, 1.165) is 36.4 Å². The minimum atomic E-state index is -5.22. The van der Waals surface area contributed by atoms with Gasteiger partial charge < -0.3 is 9.11 Å². The van der Waals surface area contributed by atoms with E-state index in [1.54, 1.807) is 72.8 Å². The first kappa shape index (κ1) is 34.8. The molecule has 0 amide bonds. The van der Waals surface area contributed by atoms with Crippen LogP contribution >= 0.6 is 0 Å². The predicted molar refractivity (Wildman–Crippen MR) is 187 cm³/mol. The SMILES string of the molecule is O=S(=O)([O-])c1cc(NS(=O)(=O)c2cccc3ccccc23)ccc1/C=C/c1ccc(NS(=O)(=O)c2cccc3ccccc23)cc1S(=O)(=O)[O-]. The number of hydrogen-bond acceptors (Lipinski definition) is 10. The smallest absolute Gasteiger partial charge is 0.262 e. The number of benzene rings is 6. The number of nitrogens with one attached hydrogen (secondary N) is 2. The molecule has 0 aliphatic heterocycles.